The summed E-state index contributed by atoms with van der Waals surface area (Å²) in [5, 5.41) is 9.34. The van der Waals surface area contributed by atoms with Gasteiger partial charge in [-0.3, -0.25) is 0 Å². The molecule has 0 heterocycles. The molecule has 2 N–H and O–H groups in total. The number of rotatable bonds is 6. The summed E-state index contributed by atoms with van der Waals surface area (Å²) in [7, 11) is 0. The fraction of sp³-hybridized carbons (Fsp3) is 0.600. The molecule has 25 heavy (non-hydrogen) atoms. The molecule has 1 aromatic rings. The van der Waals surface area contributed by atoms with E-state index in [1.54, 1.807) is 0 Å². The number of nitrogens with one attached hydrogen (secondary N) is 1. The van der Waals surface area contributed by atoms with Crippen molar-refractivity contribution in [1.29, 1.82) is 0 Å². The van der Waals surface area contributed by atoms with Crippen molar-refractivity contribution in [3.05, 3.63) is 35.4 Å². The molecule has 1 rings (SSSR count). The Balaban J connectivity index is 3.45. The fourth-order valence-corrected chi connectivity index (χ4v) is 2.92. The molecule has 0 aliphatic heterocycles. The van der Waals surface area contributed by atoms with Gasteiger partial charge in [-0.2, -0.15) is 13.2 Å². The summed E-state index contributed by atoms with van der Waals surface area (Å²) in [6, 6.07) is 2.58. The summed E-state index contributed by atoms with van der Waals surface area (Å²) in [4.78, 5) is 0. The number of aliphatic hydroxyl groups excluding tert-OH is 1. The smallest absolute Gasteiger partial charge is 0.414 e. The van der Waals surface area contributed by atoms with E-state index in [4.69, 9.17) is 0 Å². The molecular weight excluding hydrogens is 372 g/mol. The van der Waals surface area contributed by atoms with Gasteiger partial charge in [0.05, 0.1) is 0 Å². The monoisotopic (exact) mass is 391 g/mol. The quantitative estimate of drug-likeness (QED) is 0.577. The van der Waals surface area contributed by atoms with E-state index in [2.05, 4.69) is 4.72 Å². The van der Waals surface area contributed by atoms with Crippen LogP contribution in [-0.2, 0) is 16.9 Å². The highest BCUT2D eigenvalue weighted by Crippen LogP contribution is 2.36. The van der Waals surface area contributed by atoms with Crippen LogP contribution in [0.4, 0.5) is 26.3 Å². The predicted molar refractivity (Wildman–Crippen MR) is 81.7 cm³/mol. The Morgan fingerprint density at radius 3 is 2.20 bits per heavy atom. The summed E-state index contributed by atoms with van der Waals surface area (Å²) in [5.74, 6) is -2.98. The molecule has 0 radical (unpaired) electrons. The number of hydrogen-bond donors (Lipinski definition) is 2. The van der Waals surface area contributed by atoms with Gasteiger partial charge in [0, 0.05) is 23.3 Å². The number of alkyl halides is 4. The van der Waals surface area contributed by atoms with Gasteiger partial charge in [0.15, 0.2) is 17.7 Å². The average molecular weight is 391 g/mol. The number of halogens is 6. The van der Waals surface area contributed by atoms with E-state index in [0.29, 0.717) is 6.07 Å². The first-order valence-electron chi connectivity index (χ1n) is 7.19. The molecule has 0 unspecified atom stereocenters. The summed E-state index contributed by atoms with van der Waals surface area (Å²) < 4.78 is 93.1. The standard InChI is InChI=1S/C15H19F6NO2S/c1-13(2,3)25(24)22-14(8-16,7-11(23)15(19,20)21)9-5-4-6-10(17)12(9)18/h4-6,11,22-23H,7-8H2,1-3H3/t11-,14-,25-/m1/s1. The van der Waals surface area contributed by atoms with Crippen molar-refractivity contribution >= 4 is 11.4 Å². The molecule has 10 heteroatoms. The van der Waals surface area contributed by atoms with Gasteiger partial charge in [0.25, 0.3) is 0 Å². The van der Waals surface area contributed by atoms with Crippen molar-refractivity contribution in [3.8, 4) is 0 Å². The van der Waals surface area contributed by atoms with Crippen LogP contribution < -0.4 is 4.72 Å². The molecule has 0 aliphatic carbocycles. The third-order valence-corrected chi connectivity index (χ3v) is 5.15. The van der Waals surface area contributed by atoms with Crippen molar-refractivity contribution in [3.63, 3.8) is 0 Å². The molecule has 0 saturated carbocycles. The highest BCUT2D eigenvalue weighted by atomic mass is 32.2. The lowest BCUT2D eigenvalue weighted by Crippen LogP contribution is -2.55. The molecule has 0 aliphatic rings. The largest absolute Gasteiger partial charge is 0.598 e. The maximum atomic E-state index is 14.1. The van der Waals surface area contributed by atoms with Gasteiger partial charge in [-0.1, -0.05) is 12.1 Å². The molecular formula is C15H19F6NO2S. The van der Waals surface area contributed by atoms with Gasteiger partial charge in [0.1, 0.15) is 17.0 Å². The van der Waals surface area contributed by atoms with Crippen LogP contribution in [-0.4, -0.2) is 33.4 Å². The zero-order valence-corrected chi connectivity index (χ0v) is 14.6. The molecule has 1 aromatic carbocycles. The minimum atomic E-state index is -5.12. The van der Waals surface area contributed by atoms with Crippen LogP contribution in [0.3, 0.4) is 0 Å². The van der Waals surface area contributed by atoms with E-state index >= 15 is 0 Å². The second-order valence-electron chi connectivity index (χ2n) is 6.56. The van der Waals surface area contributed by atoms with E-state index in [1.165, 1.54) is 20.8 Å². The number of benzene rings is 1. The van der Waals surface area contributed by atoms with E-state index < -0.39 is 64.2 Å². The van der Waals surface area contributed by atoms with Crippen molar-refractivity contribution in [2.24, 2.45) is 0 Å². The van der Waals surface area contributed by atoms with Crippen LogP contribution in [0.2, 0.25) is 0 Å². The lowest BCUT2D eigenvalue weighted by Gasteiger charge is -2.37. The Morgan fingerprint density at radius 1 is 1.20 bits per heavy atom. The molecule has 3 nitrogen and oxygen atoms in total. The minimum absolute atomic E-state index is 0.711. The van der Waals surface area contributed by atoms with E-state index in [-0.39, 0.29) is 0 Å². The third kappa shape index (κ3) is 5.25. The van der Waals surface area contributed by atoms with E-state index in [9.17, 15) is 36.0 Å². The van der Waals surface area contributed by atoms with Gasteiger partial charge in [-0.15, -0.1) is 4.72 Å². The Bertz CT molecular complexity index is 568. The van der Waals surface area contributed by atoms with Gasteiger partial charge >= 0.3 is 6.18 Å². The lowest BCUT2D eigenvalue weighted by molar-refractivity contribution is -0.210. The molecule has 3 atom stereocenters. The van der Waals surface area contributed by atoms with Crippen LogP contribution in [0.25, 0.3) is 0 Å². The van der Waals surface area contributed by atoms with Crippen LogP contribution in [0, 0.1) is 11.6 Å². The van der Waals surface area contributed by atoms with Gasteiger partial charge in [-0.25, -0.2) is 13.2 Å². The number of hydrogen-bond acceptors (Lipinski definition) is 3. The molecule has 0 aromatic heterocycles. The normalized spacial score (nSPS) is 17.9. The maximum absolute atomic E-state index is 14.1. The van der Waals surface area contributed by atoms with Gasteiger partial charge < -0.3 is 9.66 Å². The maximum Gasteiger partial charge on any atom is 0.414 e. The van der Waals surface area contributed by atoms with Crippen molar-refractivity contribution < 1.29 is 36.0 Å². The summed E-state index contributed by atoms with van der Waals surface area (Å²) >= 11 is -2.12. The van der Waals surface area contributed by atoms with Crippen LogP contribution >= 0.6 is 0 Å². The Hall–Kier alpha value is -0.970. The zero-order valence-electron chi connectivity index (χ0n) is 13.8. The van der Waals surface area contributed by atoms with Crippen LogP contribution in [0.5, 0.6) is 0 Å². The summed E-state index contributed by atoms with van der Waals surface area (Å²) in [6.45, 7) is 2.73. The van der Waals surface area contributed by atoms with Crippen LogP contribution in [0.15, 0.2) is 18.2 Å². The van der Waals surface area contributed by atoms with Crippen molar-refractivity contribution in [1.82, 2.24) is 4.72 Å². The van der Waals surface area contributed by atoms with Gasteiger partial charge in [0.2, 0.25) is 0 Å². The highest BCUT2D eigenvalue weighted by molar-refractivity contribution is 7.90. The average Bonchev–Trinajstić information content (AvgIpc) is 2.47. The molecule has 0 amide bonds. The Labute approximate surface area is 144 Å². The molecule has 144 valence electrons. The minimum Gasteiger partial charge on any atom is -0.598 e. The molecule has 0 fully saturated rings. The predicted octanol–water partition coefficient (Wildman–Crippen LogP) is 3.49. The number of aliphatic hydroxyl groups is 1. The SMILES string of the molecule is CC(C)(C)[S@@+]([O-])N[C@@](CF)(C[C@@H](O)C(F)(F)F)c1cccc(F)c1F. The third-order valence-electron chi connectivity index (χ3n) is 3.46. The van der Waals surface area contributed by atoms with E-state index in [1.807, 2.05) is 0 Å². The second-order valence-corrected chi connectivity index (χ2v) is 8.53. The topological polar surface area (TPSA) is 55.3 Å². The Morgan fingerprint density at radius 2 is 1.76 bits per heavy atom. The van der Waals surface area contributed by atoms with Crippen molar-refractivity contribution in [2.45, 2.75) is 49.8 Å². The van der Waals surface area contributed by atoms with Crippen molar-refractivity contribution in [2.75, 3.05) is 6.67 Å². The first-order chi connectivity index (χ1) is 11.2. The first kappa shape index (κ1) is 22.1. The first-order valence-corrected chi connectivity index (χ1v) is 8.34. The Kier molecular flexibility index (Phi) is 6.82. The van der Waals surface area contributed by atoms with E-state index in [0.717, 1.165) is 12.1 Å². The summed E-state index contributed by atoms with van der Waals surface area (Å²) in [5.41, 5.74) is -3.31. The molecule has 0 spiro atoms. The summed E-state index contributed by atoms with van der Waals surface area (Å²) in [6.07, 6.45) is -9.53. The van der Waals surface area contributed by atoms with Gasteiger partial charge in [-0.05, 0) is 26.8 Å². The second kappa shape index (κ2) is 7.73. The molecule has 0 saturated heterocycles. The fourth-order valence-electron chi connectivity index (χ4n) is 2.01. The van der Waals surface area contributed by atoms with Crippen LogP contribution in [0.1, 0.15) is 32.8 Å². The lowest BCUT2D eigenvalue weighted by atomic mass is 9.86. The highest BCUT2D eigenvalue weighted by Gasteiger charge is 2.50. The zero-order chi connectivity index (χ0) is 19.6. The molecule has 0 bridgehead atoms.